The highest BCUT2D eigenvalue weighted by atomic mass is 16.8. The van der Waals surface area contributed by atoms with Crippen molar-refractivity contribution in [2.45, 2.75) is 43.4 Å². The van der Waals surface area contributed by atoms with Gasteiger partial charge in [-0.25, -0.2) is 0 Å². The molecule has 124 valence electrons. The Kier molecular flexibility index (Phi) is 5.28. The van der Waals surface area contributed by atoms with Gasteiger partial charge in [-0.3, -0.25) is 0 Å². The van der Waals surface area contributed by atoms with Gasteiger partial charge in [0, 0.05) is 12.0 Å². The maximum absolute atomic E-state index is 10.3. The molecule has 6 nitrogen and oxygen atoms in total. The van der Waals surface area contributed by atoms with E-state index in [9.17, 15) is 10.2 Å². The summed E-state index contributed by atoms with van der Waals surface area (Å²) in [6.45, 7) is 0.486. The number of hydrogen-bond acceptors (Lipinski definition) is 6. The Labute approximate surface area is 134 Å². The van der Waals surface area contributed by atoms with Crippen LogP contribution in [-0.4, -0.2) is 54.1 Å². The summed E-state index contributed by atoms with van der Waals surface area (Å²) < 4.78 is 22.5. The van der Waals surface area contributed by atoms with E-state index in [0.29, 0.717) is 6.42 Å². The second kappa shape index (κ2) is 7.41. The summed E-state index contributed by atoms with van der Waals surface area (Å²) in [6, 6.07) is 9.42. The summed E-state index contributed by atoms with van der Waals surface area (Å²) in [4.78, 5) is 0. The molecule has 2 aliphatic heterocycles. The third-order valence-electron chi connectivity index (χ3n) is 3.93. The molecule has 2 heterocycles. The van der Waals surface area contributed by atoms with E-state index in [1.807, 2.05) is 30.3 Å². The molecule has 6 atom stereocenters. The van der Waals surface area contributed by atoms with Crippen LogP contribution in [0.5, 0.6) is 0 Å². The minimum Gasteiger partial charge on any atom is -0.387 e. The van der Waals surface area contributed by atoms with Gasteiger partial charge >= 0.3 is 0 Å². The second-order valence-corrected chi connectivity index (χ2v) is 5.53. The van der Waals surface area contributed by atoms with E-state index in [2.05, 4.69) is 5.92 Å². The lowest BCUT2D eigenvalue weighted by Crippen LogP contribution is -2.62. The molecule has 23 heavy (non-hydrogen) atoms. The van der Waals surface area contributed by atoms with Crippen molar-refractivity contribution in [3.63, 3.8) is 0 Å². The Hall–Kier alpha value is -1.46. The first kappa shape index (κ1) is 16.4. The Balaban J connectivity index is 1.65. The van der Waals surface area contributed by atoms with Gasteiger partial charge < -0.3 is 29.2 Å². The Morgan fingerprint density at radius 1 is 1.17 bits per heavy atom. The standard InChI is InChI=1S/C17H20O6/c1-2-3-9-20-17-14(19)13(18)15-12(22-17)10-21-16(23-15)11-7-5-4-6-8-11/h1,4-8,12-19H,3,9-10H2/t12-,13-,14-,15-,16-,17?/m1/s1. The van der Waals surface area contributed by atoms with E-state index in [1.165, 1.54) is 0 Å². The molecule has 2 aliphatic rings. The summed E-state index contributed by atoms with van der Waals surface area (Å²) in [7, 11) is 0. The SMILES string of the molecule is C#CCCOC1O[C@@H]2CO[C@@H](c3ccccc3)O[C@H]2[C@H](O)[C@H]1O. The van der Waals surface area contributed by atoms with Gasteiger partial charge in [0.1, 0.15) is 24.4 Å². The molecule has 0 spiro atoms. The summed E-state index contributed by atoms with van der Waals surface area (Å²) in [5, 5.41) is 20.5. The summed E-state index contributed by atoms with van der Waals surface area (Å²) >= 11 is 0. The van der Waals surface area contributed by atoms with Crippen molar-refractivity contribution in [1.82, 2.24) is 0 Å². The number of hydrogen-bond donors (Lipinski definition) is 2. The topological polar surface area (TPSA) is 77.4 Å². The van der Waals surface area contributed by atoms with Gasteiger partial charge in [0.05, 0.1) is 13.2 Å². The van der Waals surface area contributed by atoms with Crippen LogP contribution in [0.4, 0.5) is 0 Å². The van der Waals surface area contributed by atoms with Crippen LogP contribution in [0, 0.1) is 12.3 Å². The largest absolute Gasteiger partial charge is 0.387 e. The molecule has 1 unspecified atom stereocenters. The van der Waals surface area contributed by atoms with Crippen molar-refractivity contribution in [1.29, 1.82) is 0 Å². The lowest BCUT2D eigenvalue weighted by molar-refractivity contribution is -0.361. The Morgan fingerprint density at radius 3 is 2.70 bits per heavy atom. The molecule has 0 bridgehead atoms. The van der Waals surface area contributed by atoms with Crippen LogP contribution in [0.15, 0.2) is 30.3 Å². The van der Waals surface area contributed by atoms with Crippen LogP contribution >= 0.6 is 0 Å². The number of fused-ring (bicyclic) bond motifs is 1. The Morgan fingerprint density at radius 2 is 1.96 bits per heavy atom. The average Bonchev–Trinajstić information content (AvgIpc) is 2.60. The highest BCUT2D eigenvalue weighted by Crippen LogP contribution is 2.34. The van der Waals surface area contributed by atoms with Gasteiger partial charge in [-0.15, -0.1) is 12.3 Å². The van der Waals surface area contributed by atoms with Crippen LogP contribution in [0.25, 0.3) is 0 Å². The van der Waals surface area contributed by atoms with E-state index >= 15 is 0 Å². The maximum atomic E-state index is 10.3. The maximum Gasteiger partial charge on any atom is 0.186 e. The number of aliphatic hydroxyl groups is 2. The summed E-state index contributed by atoms with van der Waals surface area (Å²) in [5.41, 5.74) is 0.847. The van der Waals surface area contributed by atoms with E-state index in [4.69, 9.17) is 25.4 Å². The molecule has 2 saturated heterocycles. The van der Waals surface area contributed by atoms with E-state index in [0.717, 1.165) is 5.56 Å². The van der Waals surface area contributed by atoms with E-state index < -0.39 is 37.0 Å². The van der Waals surface area contributed by atoms with Gasteiger partial charge in [0.15, 0.2) is 12.6 Å². The van der Waals surface area contributed by atoms with Crippen LogP contribution in [0.1, 0.15) is 18.3 Å². The van der Waals surface area contributed by atoms with Crippen LogP contribution in [0.2, 0.25) is 0 Å². The zero-order chi connectivity index (χ0) is 16.2. The van der Waals surface area contributed by atoms with Crippen LogP contribution < -0.4 is 0 Å². The summed E-state index contributed by atoms with van der Waals surface area (Å²) in [6.07, 6.45) is 0.499. The zero-order valence-corrected chi connectivity index (χ0v) is 12.6. The predicted molar refractivity (Wildman–Crippen MR) is 80.1 cm³/mol. The third kappa shape index (κ3) is 3.56. The van der Waals surface area contributed by atoms with Crippen molar-refractivity contribution in [3.8, 4) is 12.3 Å². The van der Waals surface area contributed by atoms with Crippen molar-refractivity contribution in [3.05, 3.63) is 35.9 Å². The van der Waals surface area contributed by atoms with Gasteiger partial charge in [0.2, 0.25) is 0 Å². The molecule has 0 amide bonds. The van der Waals surface area contributed by atoms with Crippen molar-refractivity contribution in [2.75, 3.05) is 13.2 Å². The lowest BCUT2D eigenvalue weighted by atomic mass is 9.98. The zero-order valence-electron chi connectivity index (χ0n) is 12.6. The van der Waals surface area contributed by atoms with Crippen molar-refractivity contribution < 1.29 is 29.2 Å². The fourth-order valence-electron chi connectivity index (χ4n) is 2.73. The molecule has 6 heteroatoms. The van der Waals surface area contributed by atoms with Gasteiger partial charge in [-0.1, -0.05) is 30.3 Å². The van der Waals surface area contributed by atoms with Crippen molar-refractivity contribution in [2.24, 2.45) is 0 Å². The van der Waals surface area contributed by atoms with E-state index in [1.54, 1.807) is 0 Å². The minimum absolute atomic E-state index is 0.239. The second-order valence-electron chi connectivity index (χ2n) is 5.53. The van der Waals surface area contributed by atoms with E-state index in [-0.39, 0.29) is 13.2 Å². The number of terminal acetylenes is 1. The molecule has 0 radical (unpaired) electrons. The van der Waals surface area contributed by atoms with Crippen LogP contribution in [-0.2, 0) is 18.9 Å². The first-order chi connectivity index (χ1) is 11.2. The smallest absolute Gasteiger partial charge is 0.186 e. The molecule has 2 fully saturated rings. The third-order valence-corrected chi connectivity index (χ3v) is 3.93. The highest BCUT2D eigenvalue weighted by Gasteiger charge is 2.49. The number of rotatable bonds is 4. The normalized spacial score (nSPS) is 36.9. The lowest BCUT2D eigenvalue weighted by Gasteiger charge is -2.46. The fourth-order valence-corrected chi connectivity index (χ4v) is 2.73. The first-order valence-electron chi connectivity index (χ1n) is 7.59. The molecule has 2 N–H and O–H groups in total. The molecule has 0 aromatic heterocycles. The minimum atomic E-state index is -1.21. The molecule has 0 saturated carbocycles. The fraction of sp³-hybridized carbons (Fsp3) is 0.529. The molecule has 3 rings (SSSR count). The molecule has 1 aromatic carbocycles. The number of ether oxygens (including phenoxy) is 4. The molecule has 0 aliphatic carbocycles. The van der Waals surface area contributed by atoms with Crippen molar-refractivity contribution >= 4 is 0 Å². The predicted octanol–water partition coefficient (Wildman–Crippen LogP) is 0.587. The Bertz CT molecular complexity index is 540. The quantitative estimate of drug-likeness (QED) is 0.624. The molecule has 1 aromatic rings. The van der Waals surface area contributed by atoms with Gasteiger partial charge in [-0.05, 0) is 0 Å². The first-order valence-corrected chi connectivity index (χ1v) is 7.59. The monoisotopic (exact) mass is 320 g/mol. The number of aliphatic hydroxyl groups excluding tert-OH is 2. The molecular weight excluding hydrogens is 300 g/mol. The summed E-state index contributed by atoms with van der Waals surface area (Å²) in [5.74, 6) is 2.44. The highest BCUT2D eigenvalue weighted by molar-refractivity contribution is 5.16. The molecular formula is C17H20O6. The van der Waals surface area contributed by atoms with Gasteiger partial charge in [-0.2, -0.15) is 0 Å². The van der Waals surface area contributed by atoms with Crippen LogP contribution in [0.3, 0.4) is 0 Å². The number of benzene rings is 1. The average molecular weight is 320 g/mol. The van der Waals surface area contributed by atoms with Gasteiger partial charge in [0.25, 0.3) is 0 Å².